The first-order valence-corrected chi connectivity index (χ1v) is 5.12. The van der Waals surface area contributed by atoms with Gasteiger partial charge in [-0.05, 0) is 52.2 Å². The van der Waals surface area contributed by atoms with Crippen molar-refractivity contribution in [2.75, 3.05) is 20.1 Å². The second-order valence-electron chi connectivity index (χ2n) is 3.90. The fourth-order valence-corrected chi connectivity index (χ4v) is 1.95. The highest BCUT2D eigenvalue weighted by Crippen LogP contribution is 2.16. The van der Waals surface area contributed by atoms with Gasteiger partial charge in [-0.3, -0.25) is 4.79 Å². The van der Waals surface area contributed by atoms with Crippen LogP contribution in [0.4, 0.5) is 0 Å². The van der Waals surface area contributed by atoms with Gasteiger partial charge in [0, 0.05) is 0 Å². The first-order chi connectivity index (χ1) is 6.24. The number of carbonyl (C=O) groups excluding carboxylic acids is 1. The molecular weight excluding hydrogens is 164 g/mol. The third-order valence-electron chi connectivity index (χ3n) is 2.81. The van der Waals surface area contributed by atoms with E-state index in [-0.39, 0.29) is 11.8 Å². The molecule has 76 valence electrons. The number of Topliss-reactive ketones (excluding diaryl/α,β-unsaturated/α-hetero) is 1. The second-order valence-corrected chi connectivity index (χ2v) is 3.90. The molecule has 1 saturated heterocycles. The summed E-state index contributed by atoms with van der Waals surface area (Å²) >= 11 is 0. The van der Waals surface area contributed by atoms with E-state index in [0.29, 0.717) is 5.92 Å². The van der Waals surface area contributed by atoms with Gasteiger partial charge in [-0.2, -0.15) is 0 Å². The average molecular weight is 184 g/mol. The normalized spacial score (nSPS) is 25.5. The summed E-state index contributed by atoms with van der Waals surface area (Å²) in [6.45, 7) is 3.88. The second kappa shape index (κ2) is 5.35. The molecule has 1 rings (SSSR count). The van der Waals surface area contributed by atoms with Crippen LogP contribution in [0.3, 0.4) is 0 Å². The minimum atomic E-state index is 0.0601. The standard InChI is InChI=1S/C10H20N2O/c1-8(13)10(11-2)6-9-4-3-5-12-7-9/h9-12H,3-7H2,1-2H3. The number of nitrogens with one attached hydrogen (secondary N) is 2. The van der Waals surface area contributed by atoms with Gasteiger partial charge < -0.3 is 10.6 Å². The summed E-state index contributed by atoms with van der Waals surface area (Å²) in [4.78, 5) is 11.2. The van der Waals surface area contributed by atoms with Crippen LogP contribution in [0.2, 0.25) is 0 Å². The van der Waals surface area contributed by atoms with Crippen molar-refractivity contribution in [2.24, 2.45) is 5.92 Å². The Morgan fingerprint density at radius 2 is 2.46 bits per heavy atom. The molecule has 0 saturated carbocycles. The predicted molar refractivity (Wildman–Crippen MR) is 53.7 cm³/mol. The van der Waals surface area contributed by atoms with E-state index in [0.717, 1.165) is 19.5 Å². The Morgan fingerprint density at radius 3 is 2.92 bits per heavy atom. The van der Waals surface area contributed by atoms with Crippen LogP contribution in [-0.4, -0.2) is 32.0 Å². The van der Waals surface area contributed by atoms with E-state index in [1.807, 2.05) is 7.05 Å². The lowest BCUT2D eigenvalue weighted by Gasteiger charge is -2.25. The summed E-state index contributed by atoms with van der Waals surface area (Å²) in [6, 6.07) is 0.0601. The minimum Gasteiger partial charge on any atom is -0.316 e. The number of carbonyl (C=O) groups is 1. The van der Waals surface area contributed by atoms with Crippen molar-refractivity contribution in [3.8, 4) is 0 Å². The fraction of sp³-hybridized carbons (Fsp3) is 0.900. The molecule has 2 N–H and O–H groups in total. The van der Waals surface area contributed by atoms with E-state index in [4.69, 9.17) is 0 Å². The van der Waals surface area contributed by atoms with E-state index in [1.54, 1.807) is 6.92 Å². The van der Waals surface area contributed by atoms with Gasteiger partial charge in [0.05, 0.1) is 6.04 Å². The maximum absolute atomic E-state index is 11.2. The molecule has 0 aromatic carbocycles. The van der Waals surface area contributed by atoms with Crippen LogP contribution >= 0.6 is 0 Å². The molecule has 0 aromatic rings. The highest BCUT2D eigenvalue weighted by atomic mass is 16.1. The van der Waals surface area contributed by atoms with E-state index >= 15 is 0 Å². The topological polar surface area (TPSA) is 41.1 Å². The summed E-state index contributed by atoms with van der Waals surface area (Å²) in [5.74, 6) is 0.933. The van der Waals surface area contributed by atoms with Crippen molar-refractivity contribution in [3.63, 3.8) is 0 Å². The minimum absolute atomic E-state index is 0.0601. The van der Waals surface area contributed by atoms with Crippen molar-refractivity contribution >= 4 is 5.78 Å². The molecule has 1 aliphatic rings. The summed E-state index contributed by atoms with van der Waals surface area (Å²) in [5, 5.41) is 6.44. The maximum Gasteiger partial charge on any atom is 0.146 e. The molecule has 3 nitrogen and oxygen atoms in total. The lowest BCUT2D eigenvalue weighted by atomic mass is 9.91. The van der Waals surface area contributed by atoms with E-state index in [2.05, 4.69) is 10.6 Å². The van der Waals surface area contributed by atoms with Gasteiger partial charge in [0.2, 0.25) is 0 Å². The number of ketones is 1. The van der Waals surface area contributed by atoms with E-state index in [9.17, 15) is 4.79 Å². The summed E-state index contributed by atoms with van der Waals surface area (Å²) < 4.78 is 0. The van der Waals surface area contributed by atoms with E-state index in [1.165, 1.54) is 12.8 Å². The van der Waals surface area contributed by atoms with Crippen molar-refractivity contribution in [3.05, 3.63) is 0 Å². The Labute approximate surface area is 80.3 Å². The Balaban J connectivity index is 2.31. The van der Waals surface area contributed by atoms with Gasteiger partial charge in [-0.25, -0.2) is 0 Å². The average Bonchev–Trinajstić information content (AvgIpc) is 2.15. The van der Waals surface area contributed by atoms with Crippen LogP contribution in [-0.2, 0) is 4.79 Å². The molecule has 0 aliphatic carbocycles. The monoisotopic (exact) mass is 184 g/mol. The number of hydrogen-bond acceptors (Lipinski definition) is 3. The molecule has 2 unspecified atom stereocenters. The summed E-state index contributed by atoms with van der Waals surface area (Å²) in [6.07, 6.45) is 3.50. The van der Waals surface area contributed by atoms with Gasteiger partial charge >= 0.3 is 0 Å². The van der Waals surface area contributed by atoms with Crippen molar-refractivity contribution in [1.29, 1.82) is 0 Å². The highest BCUT2D eigenvalue weighted by molar-refractivity contribution is 5.81. The van der Waals surface area contributed by atoms with Gasteiger partial charge in [-0.1, -0.05) is 0 Å². The number of rotatable bonds is 4. The molecule has 1 aliphatic heterocycles. The number of hydrogen-bond donors (Lipinski definition) is 2. The molecular formula is C10H20N2O. The highest BCUT2D eigenvalue weighted by Gasteiger charge is 2.19. The van der Waals surface area contributed by atoms with Crippen molar-refractivity contribution in [1.82, 2.24) is 10.6 Å². The summed E-state index contributed by atoms with van der Waals surface area (Å²) in [7, 11) is 1.86. The van der Waals surface area contributed by atoms with Crippen molar-refractivity contribution < 1.29 is 4.79 Å². The molecule has 1 fully saturated rings. The first kappa shape index (κ1) is 10.7. The Morgan fingerprint density at radius 1 is 1.69 bits per heavy atom. The molecule has 2 atom stereocenters. The SMILES string of the molecule is CNC(CC1CCCNC1)C(C)=O. The molecule has 0 spiro atoms. The van der Waals surface area contributed by atoms with Crippen LogP contribution in [0, 0.1) is 5.92 Å². The van der Waals surface area contributed by atoms with Crippen LogP contribution in [0.25, 0.3) is 0 Å². The largest absolute Gasteiger partial charge is 0.316 e. The smallest absolute Gasteiger partial charge is 0.146 e. The molecule has 0 bridgehead atoms. The molecule has 0 amide bonds. The Bertz CT molecular complexity index is 164. The Kier molecular flexibility index (Phi) is 4.39. The molecule has 13 heavy (non-hydrogen) atoms. The maximum atomic E-state index is 11.2. The first-order valence-electron chi connectivity index (χ1n) is 5.12. The zero-order valence-corrected chi connectivity index (χ0v) is 8.60. The zero-order chi connectivity index (χ0) is 9.68. The number of likely N-dealkylation sites (N-methyl/N-ethyl adjacent to an activating group) is 1. The quantitative estimate of drug-likeness (QED) is 0.670. The van der Waals surface area contributed by atoms with Crippen LogP contribution in [0.1, 0.15) is 26.2 Å². The van der Waals surface area contributed by atoms with E-state index < -0.39 is 0 Å². The lowest BCUT2D eigenvalue weighted by Crippen LogP contribution is -2.38. The molecule has 0 radical (unpaired) electrons. The van der Waals surface area contributed by atoms with Crippen LogP contribution in [0.15, 0.2) is 0 Å². The molecule has 0 aromatic heterocycles. The molecule has 3 heteroatoms. The zero-order valence-electron chi connectivity index (χ0n) is 8.60. The number of piperidine rings is 1. The van der Waals surface area contributed by atoms with Crippen LogP contribution < -0.4 is 10.6 Å². The third-order valence-corrected chi connectivity index (χ3v) is 2.81. The van der Waals surface area contributed by atoms with Crippen molar-refractivity contribution in [2.45, 2.75) is 32.2 Å². The fourth-order valence-electron chi connectivity index (χ4n) is 1.95. The van der Waals surface area contributed by atoms with Gasteiger partial charge in [0.15, 0.2) is 0 Å². The Hall–Kier alpha value is -0.410. The van der Waals surface area contributed by atoms with Crippen LogP contribution in [0.5, 0.6) is 0 Å². The summed E-state index contributed by atoms with van der Waals surface area (Å²) in [5.41, 5.74) is 0. The third kappa shape index (κ3) is 3.44. The van der Waals surface area contributed by atoms with Gasteiger partial charge in [0.25, 0.3) is 0 Å². The lowest BCUT2D eigenvalue weighted by molar-refractivity contribution is -0.119. The van der Waals surface area contributed by atoms with Gasteiger partial charge in [-0.15, -0.1) is 0 Å². The molecule has 1 heterocycles. The predicted octanol–water partition coefficient (Wildman–Crippen LogP) is 0.553. The van der Waals surface area contributed by atoms with Gasteiger partial charge in [0.1, 0.15) is 5.78 Å².